The Kier molecular flexibility index (Phi) is 9.15. The molecular formula is C21H35IN4O. The summed E-state index contributed by atoms with van der Waals surface area (Å²) < 4.78 is 5.34. The molecule has 1 aliphatic carbocycles. The minimum absolute atomic E-state index is 0. The molecule has 152 valence electrons. The van der Waals surface area contributed by atoms with Crippen molar-refractivity contribution in [1.82, 2.24) is 15.5 Å². The lowest BCUT2D eigenvalue weighted by molar-refractivity contribution is 0.242. The number of nitrogens with one attached hydrogen (secondary N) is 2. The molecule has 1 aromatic carbocycles. The summed E-state index contributed by atoms with van der Waals surface area (Å²) in [6.45, 7) is 8.13. The van der Waals surface area contributed by atoms with Crippen LogP contribution in [0.15, 0.2) is 23.2 Å². The number of ether oxygens (including phenoxy) is 1. The fraction of sp³-hybridized carbons (Fsp3) is 0.667. The lowest BCUT2D eigenvalue weighted by Gasteiger charge is -2.24. The first-order valence-electron chi connectivity index (χ1n) is 10.1. The molecule has 0 spiro atoms. The van der Waals surface area contributed by atoms with Crippen LogP contribution in [0.2, 0.25) is 0 Å². The van der Waals surface area contributed by atoms with E-state index in [1.54, 1.807) is 7.11 Å². The van der Waals surface area contributed by atoms with Gasteiger partial charge in [0.2, 0.25) is 0 Å². The maximum atomic E-state index is 5.34. The van der Waals surface area contributed by atoms with Crippen molar-refractivity contribution in [3.05, 3.63) is 29.3 Å². The molecule has 27 heavy (non-hydrogen) atoms. The van der Waals surface area contributed by atoms with Gasteiger partial charge >= 0.3 is 0 Å². The highest BCUT2D eigenvalue weighted by Crippen LogP contribution is 2.26. The maximum Gasteiger partial charge on any atom is 0.191 e. The van der Waals surface area contributed by atoms with Crippen molar-refractivity contribution in [2.45, 2.75) is 64.6 Å². The van der Waals surface area contributed by atoms with Gasteiger partial charge in [-0.3, -0.25) is 4.90 Å². The van der Waals surface area contributed by atoms with E-state index < -0.39 is 0 Å². The Balaban J connectivity index is 0.00000261. The average Bonchev–Trinajstić information content (AvgIpc) is 3.31. The molecule has 1 aliphatic heterocycles. The summed E-state index contributed by atoms with van der Waals surface area (Å²) >= 11 is 0. The van der Waals surface area contributed by atoms with E-state index in [1.807, 2.05) is 6.07 Å². The zero-order valence-electron chi connectivity index (χ0n) is 17.0. The van der Waals surface area contributed by atoms with Crippen LogP contribution >= 0.6 is 24.0 Å². The molecular weight excluding hydrogens is 451 g/mol. The summed E-state index contributed by atoms with van der Waals surface area (Å²) in [5, 5.41) is 7.05. The largest absolute Gasteiger partial charge is 0.496 e. The third-order valence-electron chi connectivity index (χ3n) is 5.62. The Labute approximate surface area is 181 Å². The molecule has 1 aromatic rings. The van der Waals surface area contributed by atoms with Gasteiger partial charge < -0.3 is 15.4 Å². The number of nitrogens with zero attached hydrogens (tertiary/aromatic N) is 2. The molecule has 2 fully saturated rings. The number of aryl methyl sites for hydroxylation is 1. The highest BCUT2D eigenvalue weighted by atomic mass is 127. The first-order chi connectivity index (χ1) is 12.7. The second-order valence-corrected chi connectivity index (χ2v) is 7.56. The molecule has 0 aromatic heterocycles. The fourth-order valence-electron chi connectivity index (χ4n) is 4.23. The molecule has 1 saturated carbocycles. The smallest absolute Gasteiger partial charge is 0.191 e. The number of rotatable bonds is 6. The van der Waals surface area contributed by atoms with Gasteiger partial charge in [0, 0.05) is 31.7 Å². The lowest BCUT2D eigenvalue weighted by atomic mass is 10.1. The molecule has 6 heteroatoms. The second-order valence-electron chi connectivity index (χ2n) is 7.56. The number of halogens is 1. The molecule has 2 N–H and O–H groups in total. The van der Waals surface area contributed by atoms with Crippen molar-refractivity contribution in [2.75, 3.05) is 26.7 Å². The normalized spacial score (nSPS) is 21.1. The molecule has 5 nitrogen and oxygen atoms in total. The Hall–Kier alpha value is -1.02. The molecule has 1 atom stereocenters. The Morgan fingerprint density at radius 3 is 2.70 bits per heavy atom. The summed E-state index contributed by atoms with van der Waals surface area (Å²) in [5.74, 6) is 1.86. The van der Waals surface area contributed by atoms with Gasteiger partial charge in [-0.25, -0.2) is 4.99 Å². The third kappa shape index (κ3) is 6.24. The van der Waals surface area contributed by atoms with Crippen LogP contribution in [0.1, 0.15) is 50.2 Å². The number of benzene rings is 1. The lowest BCUT2D eigenvalue weighted by Crippen LogP contribution is -2.45. The van der Waals surface area contributed by atoms with E-state index in [1.165, 1.54) is 44.2 Å². The SMILES string of the molecule is CCNC(=NCc1ccc(OC)c(C)c1)NC1CCN(C2CCCC2)C1.I. The van der Waals surface area contributed by atoms with E-state index in [0.717, 1.165) is 36.4 Å². The standard InChI is InChI=1S/C21H34N4O.HI/c1-4-22-21(23-14-17-9-10-20(26-3)16(2)13-17)24-18-11-12-25(15-18)19-7-5-6-8-19;/h9-10,13,18-19H,4-8,11-12,14-15H2,1-3H3,(H2,22,23,24);1H. The number of hydrogen-bond acceptors (Lipinski definition) is 3. The summed E-state index contributed by atoms with van der Waals surface area (Å²) in [5.41, 5.74) is 2.36. The molecule has 0 radical (unpaired) electrons. The molecule has 0 bridgehead atoms. The zero-order chi connectivity index (χ0) is 18.4. The maximum absolute atomic E-state index is 5.34. The first-order valence-corrected chi connectivity index (χ1v) is 10.1. The minimum Gasteiger partial charge on any atom is -0.496 e. The molecule has 0 amide bonds. The number of methoxy groups -OCH3 is 1. The van der Waals surface area contributed by atoms with E-state index in [9.17, 15) is 0 Å². The predicted molar refractivity (Wildman–Crippen MR) is 123 cm³/mol. The molecule has 1 unspecified atom stereocenters. The minimum atomic E-state index is 0. The van der Waals surface area contributed by atoms with E-state index in [4.69, 9.17) is 9.73 Å². The van der Waals surface area contributed by atoms with E-state index in [0.29, 0.717) is 12.6 Å². The van der Waals surface area contributed by atoms with Crippen molar-refractivity contribution in [3.63, 3.8) is 0 Å². The third-order valence-corrected chi connectivity index (χ3v) is 5.62. The van der Waals surface area contributed by atoms with Crippen LogP contribution in [0.5, 0.6) is 5.75 Å². The van der Waals surface area contributed by atoms with Gasteiger partial charge in [0.15, 0.2) is 5.96 Å². The van der Waals surface area contributed by atoms with Crippen LogP contribution in [0.25, 0.3) is 0 Å². The number of likely N-dealkylation sites (tertiary alicyclic amines) is 1. The van der Waals surface area contributed by atoms with E-state index in [-0.39, 0.29) is 24.0 Å². The van der Waals surface area contributed by atoms with Crippen LogP contribution in [0, 0.1) is 6.92 Å². The van der Waals surface area contributed by atoms with Crippen LogP contribution in [0.3, 0.4) is 0 Å². The molecule has 2 aliphatic rings. The van der Waals surface area contributed by atoms with Gasteiger partial charge in [0.1, 0.15) is 5.75 Å². The van der Waals surface area contributed by atoms with Crippen LogP contribution < -0.4 is 15.4 Å². The van der Waals surface area contributed by atoms with Crippen molar-refractivity contribution in [1.29, 1.82) is 0 Å². The van der Waals surface area contributed by atoms with Crippen LogP contribution in [-0.2, 0) is 6.54 Å². The summed E-state index contributed by atoms with van der Waals surface area (Å²) in [6, 6.07) is 7.60. The summed E-state index contributed by atoms with van der Waals surface area (Å²) in [7, 11) is 1.71. The fourth-order valence-corrected chi connectivity index (χ4v) is 4.23. The van der Waals surface area contributed by atoms with Gasteiger partial charge in [0.05, 0.1) is 13.7 Å². The molecule has 3 rings (SSSR count). The van der Waals surface area contributed by atoms with Crippen molar-refractivity contribution >= 4 is 29.9 Å². The van der Waals surface area contributed by atoms with Gasteiger partial charge in [-0.1, -0.05) is 25.0 Å². The Bertz CT molecular complexity index is 616. The summed E-state index contributed by atoms with van der Waals surface area (Å²) in [4.78, 5) is 7.48. The predicted octanol–water partition coefficient (Wildman–Crippen LogP) is 3.69. The number of aliphatic imine (C=N–C) groups is 1. The van der Waals surface area contributed by atoms with Gasteiger partial charge in [-0.2, -0.15) is 0 Å². The quantitative estimate of drug-likeness (QED) is 0.366. The van der Waals surface area contributed by atoms with Crippen molar-refractivity contribution in [2.24, 2.45) is 4.99 Å². The van der Waals surface area contributed by atoms with Gasteiger partial charge in [0.25, 0.3) is 0 Å². The first kappa shape index (κ1) is 22.3. The van der Waals surface area contributed by atoms with Gasteiger partial charge in [-0.05, 0) is 50.3 Å². The van der Waals surface area contributed by atoms with E-state index in [2.05, 4.69) is 41.5 Å². The zero-order valence-corrected chi connectivity index (χ0v) is 19.3. The highest BCUT2D eigenvalue weighted by Gasteiger charge is 2.30. The summed E-state index contributed by atoms with van der Waals surface area (Å²) in [6.07, 6.45) is 6.80. The van der Waals surface area contributed by atoms with Gasteiger partial charge in [-0.15, -0.1) is 24.0 Å². The number of guanidine groups is 1. The second kappa shape index (κ2) is 11.1. The average molecular weight is 486 g/mol. The topological polar surface area (TPSA) is 48.9 Å². The van der Waals surface area contributed by atoms with E-state index >= 15 is 0 Å². The Morgan fingerprint density at radius 1 is 1.26 bits per heavy atom. The molecule has 1 heterocycles. The van der Waals surface area contributed by atoms with Crippen LogP contribution in [0.4, 0.5) is 0 Å². The van der Waals surface area contributed by atoms with Crippen molar-refractivity contribution in [3.8, 4) is 5.75 Å². The molecule has 1 saturated heterocycles. The van der Waals surface area contributed by atoms with Crippen molar-refractivity contribution < 1.29 is 4.74 Å². The Morgan fingerprint density at radius 2 is 2.04 bits per heavy atom. The highest BCUT2D eigenvalue weighted by molar-refractivity contribution is 14.0. The van der Waals surface area contributed by atoms with Crippen LogP contribution in [-0.4, -0.2) is 49.7 Å². The monoisotopic (exact) mass is 486 g/mol. The number of hydrogen-bond donors (Lipinski definition) is 2.